The number of carbonyl (C=O) groups is 1. The number of anilines is 2. The summed E-state index contributed by atoms with van der Waals surface area (Å²) in [6.45, 7) is 1.80. The van der Waals surface area contributed by atoms with Crippen LogP contribution in [0.3, 0.4) is 0 Å². The Morgan fingerprint density at radius 2 is 1.85 bits per heavy atom. The summed E-state index contributed by atoms with van der Waals surface area (Å²) in [5.41, 5.74) is 0.206. The van der Waals surface area contributed by atoms with Crippen molar-refractivity contribution >= 4 is 38.9 Å². The Morgan fingerprint density at radius 1 is 1.12 bits per heavy atom. The Hall–Kier alpha value is -2.64. The van der Waals surface area contributed by atoms with Crippen molar-refractivity contribution in [2.75, 3.05) is 10.0 Å². The second-order valence-corrected chi connectivity index (χ2v) is 7.19. The predicted molar refractivity (Wildman–Crippen MR) is 101 cm³/mol. The van der Waals surface area contributed by atoms with Crippen LogP contribution in [0.25, 0.3) is 0 Å². The van der Waals surface area contributed by atoms with E-state index in [0.29, 0.717) is 5.02 Å². The minimum absolute atomic E-state index is 0.0606. The Bertz CT molecular complexity index is 972. The van der Waals surface area contributed by atoms with Crippen LogP contribution in [0.15, 0.2) is 71.7 Å². The van der Waals surface area contributed by atoms with Crippen LogP contribution in [0.5, 0.6) is 0 Å². The van der Waals surface area contributed by atoms with Gasteiger partial charge in [-0.15, -0.1) is 0 Å². The molecule has 0 unspecified atom stereocenters. The zero-order valence-corrected chi connectivity index (χ0v) is 15.3. The number of nitrogens with one attached hydrogen (secondary N) is 2. The van der Waals surface area contributed by atoms with Gasteiger partial charge in [-0.3, -0.25) is 9.52 Å². The van der Waals surface area contributed by atoms with Gasteiger partial charge in [-0.1, -0.05) is 42.0 Å². The Labute approximate surface area is 156 Å². The van der Waals surface area contributed by atoms with Crippen LogP contribution >= 0.6 is 11.6 Å². The Morgan fingerprint density at radius 3 is 2.54 bits per heavy atom. The fourth-order valence-corrected chi connectivity index (χ4v) is 3.33. The van der Waals surface area contributed by atoms with E-state index < -0.39 is 26.6 Å². The predicted octanol–water partition coefficient (Wildman–Crippen LogP) is 4.35. The third-order valence-electron chi connectivity index (χ3n) is 3.16. The van der Waals surface area contributed by atoms with E-state index >= 15 is 0 Å². The molecule has 2 aromatic rings. The van der Waals surface area contributed by atoms with E-state index in [0.717, 1.165) is 12.1 Å². The quantitative estimate of drug-likeness (QED) is 0.565. The van der Waals surface area contributed by atoms with Gasteiger partial charge in [-0.25, -0.2) is 12.8 Å². The van der Waals surface area contributed by atoms with Gasteiger partial charge in [0, 0.05) is 11.1 Å². The molecule has 0 bridgehead atoms. The van der Waals surface area contributed by atoms with Crippen LogP contribution < -0.4 is 10.0 Å². The maximum absolute atomic E-state index is 13.8. The molecule has 5 nitrogen and oxygen atoms in total. The summed E-state index contributed by atoms with van der Waals surface area (Å²) in [4.78, 5) is 11.4. The molecule has 0 aliphatic rings. The molecule has 0 atom stereocenters. The van der Waals surface area contributed by atoms with Gasteiger partial charge < -0.3 is 5.32 Å². The van der Waals surface area contributed by atoms with E-state index in [1.54, 1.807) is 19.1 Å². The largest absolute Gasteiger partial charge is 0.321 e. The standard InChI is InChI=1S/C18H16ClFN2O3S/c1-2-3-4-9-18(23)21-16-12-13(19)10-11-15(16)22-26(24,25)17-8-6-5-7-14(17)20/h2-12,22H,1H3,(H,21,23)/b3-2+,9-4+. The molecule has 0 saturated carbocycles. The molecular weight excluding hydrogens is 379 g/mol. The maximum Gasteiger partial charge on any atom is 0.264 e. The molecule has 0 saturated heterocycles. The Kier molecular flexibility index (Phi) is 6.54. The molecule has 0 aliphatic carbocycles. The van der Waals surface area contributed by atoms with E-state index in [9.17, 15) is 17.6 Å². The topological polar surface area (TPSA) is 75.3 Å². The molecule has 2 N–H and O–H groups in total. The third kappa shape index (κ3) is 5.18. The number of benzene rings is 2. The first-order valence-corrected chi connectivity index (χ1v) is 9.37. The molecule has 0 spiro atoms. The number of halogens is 2. The second-order valence-electron chi connectivity index (χ2n) is 5.10. The van der Waals surface area contributed by atoms with Gasteiger partial charge in [0.2, 0.25) is 5.91 Å². The zero-order chi connectivity index (χ0) is 19.2. The molecule has 0 aliphatic heterocycles. The number of hydrogen-bond donors (Lipinski definition) is 2. The molecular formula is C18H16ClFN2O3S. The first-order chi connectivity index (χ1) is 12.3. The van der Waals surface area contributed by atoms with Crippen molar-refractivity contribution in [2.24, 2.45) is 0 Å². The maximum atomic E-state index is 13.8. The first kappa shape index (κ1) is 19.7. The normalized spacial score (nSPS) is 11.8. The van der Waals surface area contributed by atoms with Crippen LogP contribution in [-0.4, -0.2) is 14.3 Å². The number of amides is 1. The highest BCUT2D eigenvalue weighted by molar-refractivity contribution is 7.92. The van der Waals surface area contributed by atoms with Gasteiger partial charge >= 0.3 is 0 Å². The number of hydrogen-bond acceptors (Lipinski definition) is 3. The van der Waals surface area contributed by atoms with Crippen LogP contribution in [0.2, 0.25) is 5.02 Å². The van der Waals surface area contributed by atoms with Gasteiger partial charge in [0.15, 0.2) is 0 Å². The summed E-state index contributed by atoms with van der Waals surface area (Å²) in [7, 11) is -4.18. The summed E-state index contributed by atoms with van der Waals surface area (Å²) >= 11 is 5.92. The van der Waals surface area contributed by atoms with Crippen LogP contribution in [0.1, 0.15) is 6.92 Å². The van der Waals surface area contributed by atoms with Gasteiger partial charge in [-0.05, 0) is 37.3 Å². The minimum atomic E-state index is -4.18. The molecule has 136 valence electrons. The number of carbonyl (C=O) groups excluding carboxylic acids is 1. The highest BCUT2D eigenvalue weighted by Gasteiger charge is 2.20. The highest BCUT2D eigenvalue weighted by Crippen LogP contribution is 2.28. The highest BCUT2D eigenvalue weighted by atomic mass is 35.5. The molecule has 2 aromatic carbocycles. The average Bonchev–Trinajstić information content (AvgIpc) is 2.58. The fourth-order valence-electron chi connectivity index (χ4n) is 2.00. The van der Waals surface area contributed by atoms with E-state index in [-0.39, 0.29) is 11.4 Å². The van der Waals surface area contributed by atoms with Crippen LogP contribution in [0.4, 0.5) is 15.8 Å². The van der Waals surface area contributed by atoms with Gasteiger partial charge in [0.25, 0.3) is 10.0 Å². The Balaban J connectivity index is 2.33. The van der Waals surface area contributed by atoms with Crippen molar-refractivity contribution < 1.29 is 17.6 Å². The molecule has 1 amide bonds. The van der Waals surface area contributed by atoms with Crippen molar-refractivity contribution in [3.63, 3.8) is 0 Å². The van der Waals surface area contributed by atoms with Crippen molar-refractivity contribution in [3.05, 3.63) is 77.6 Å². The summed E-state index contributed by atoms with van der Waals surface area (Å²) < 4.78 is 40.9. The van der Waals surface area contributed by atoms with Crippen molar-refractivity contribution in [1.82, 2.24) is 0 Å². The van der Waals surface area contributed by atoms with Crippen molar-refractivity contribution in [3.8, 4) is 0 Å². The lowest BCUT2D eigenvalue weighted by Crippen LogP contribution is -2.17. The first-order valence-electron chi connectivity index (χ1n) is 7.51. The lowest BCUT2D eigenvalue weighted by atomic mass is 10.2. The van der Waals surface area contributed by atoms with Crippen LogP contribution in [0, 0.1) is 5.82 Å². The third-order valence-corrected chi connectivity index (χ3v) is 4.79. The van der Waals surface area contributed by atoms with E-state index in [1.807, 2.05) is 0 Å². The average molecular weight is 395 g/mol. The molecule has 2 rings (SSSR count). The summed E-state index contributed by atoms with van der Waals surface area (Å²) in [6.07, 6.45) is 6.22. The lowest BCUT2D eigenvalue weighted by molar-refractivity contribution is -0.111. The number of sulfonamides is 1. The zero-order valence-electron chi connectivity index (χ0n) is 13.7. The molecule has 0 fully saturated rings. The fraction of sp³-hybridized carbons (Fsp3) is 0.0556. The molecule has 8 heteroatoms. The summed E-state index contributed by atoms with van der Waals surface area (Å²) in [5.74, 6) is -1.36. The van der Waals surface area contributed by atoms with Gasteiger partial charge in [0.05, 0.1) is 11.4 Å². The number of rotatable bonds is 6. The molecule has 0 aromatic heterocycles. The number of allylic oxidation sites excluding steroid dienone is 3. The van der Waals surface area contributed by atoms with Gasteiger partial charge in [-0.2, -0.15) is 0 Å². The van der Waals surface area contributed by atoms with Crippen molar-refractivity contribution in [1.29, 1.82) is 0 Å². The minimum Gasteiger partial charge on any atom is -0.321 e. The van der Waals surface area contributed by atoms with Crippen LogP contribution in [-0.2, 0) is 14.8 Å². The molecule has 0 heterocycles. The second kappa shape index (κ2) is 8.64. The molecule has 0 radical (unpaired) electrons. The summed E-state index contributed by atoms with van der Waals surface area (Å²) in [6, 6.07) is 9.21. The monoisotopic (exact) mass is 394 g/mol. The van der Waals surface area contributed by atoms with E-state index in [4.69, 9.17) is 11.6 Å². The summed E-state index contributed by atoms with van der Waals surface area (Å²) in [5, 5.41) is 2.83. The van der Waals surface area contributed by atoms with E-state index in [2.05, 4.69) is 10.0 Å². The molecule has 26 heavy (non-hydrogen) atoms. The lowest BCUT2D eigenvalue weighted by Gasteiger charge is -2.13. The van der Waals surface area contributed by atoms with Gasteiger partial charge in [0.1, 0.15) is 10.7 Å². The SMILES string of the molecule is C/C=C/C=C/C(=O)Nc1cc(Cl)ccc1NS(=O)(=O)c1ccccc1F. The van der Waals surface area contributed by atoms with Crippen molar-refractivity contribution in [2.45, 2.75) is 11.8 Å². The smallest absolute Gasteiger partial charge is 0.264 e. The van der Waals surface area contributed by atoms with E-state index in [1.165, 1.54) is 42.5 Å².